The number of nitrogens with zero attached hydrogens (tertiary/aromatic N) is 2. The first-order valence-corrected chi connectivity index (χ1v) is 5.47. The molecular formula is C11H13N5O2. The third-order valence-corrected chi connectivity index (χ3v) is 2.94. The van der Waals surface area contributed by atoms with E-state index >= 15 is 0 Å². The molecule has 1 aliphatic heterocycles. The molecule has 18 heavy (non-hydrogen) atoms. The van der Waals surface area contributed by atoms with Crippen molar-refractivity contribution in [3.05, 3.63) is 35.4 Å². The Morgan fingerprint density at radius 2 is 2.33 bits per heavy atom. The summed E-state index contributed by atoms with van der Waals surface area (Å²) in [5.74, 6) is 1.31. The van der Waals surface area contributed by atoms with Gasteiger partial charge in [-0.1, -0.05) is 0 Å². The fourth-order valence-electron chi connectivity index (χ4n) is 2.08. The Morgan fingerprint density at radius 3 is 3.06 bits per heavy atom. The van der Waals surface area contributed by atoms with Gasteiger partial charge in [0.15, 0.2) is 0 Å². The number of hydrogen-bond donors (Lipinski definition) is 4. The van der Waals surface area contributed by atoms with Crippen LogP contribution in [0.15, 0.2) is 27.8 Å². The summed E-state index contributed by atoms with van der Waals surface area (Å²) in [5, 5.41) is 10.8. The number of H-pyrrole nitrogens is 1. The van der Waals surface area contributed by atoms with E-state index in [0.29, 0.717) is 24.5 Å². The number of aliphatic imine (C=N–C) groups is 1. The zero-order valence-corrected chi connectivity index (χ0v) is 9.55. The number of aromatic amines is 1. The molecule has 3 heterocycles. The molecule has 7 nitrogen and oxygen atoms in total. The van der Waals surface area contributed by atoms with Gasteiger partial charge in [-0.05, 0) is 12.1 Å². The number of furan rings is 1. The molecule has 0 bridgehead atoms. The smallest absolute Gasteiger partial charge is 0.220 e. The summed E-state index contributed by atoms with van der Waals surface area (Å²) < 4.78 is 5.28. The SMILES string of the molecule is NC1=NCc2[nH]c(N)c(Cc3ccco3)c2N1O. The van der Waals surface area contributed by atoms with Gasteiger partial charge in [-0.3, -0.25) is 5.21 Å². The van der Waals surface area contributed by atoms with E-state index in [9.17, 15) is 5.21 Å². The number of fused-ring (bicyclic) bond motifs is 1. The second kappa shape index (κ2) is 3.81. The van der Waals surface area contributed by atoms with Crippen molar-refractivity contribution in [3.8, 4) is 0 Å². The van der Waals surface area contributed by atoms with Crippen LogP contribution >= 0.6 is 0 Å². The maximum absolute atomic E-state index is 9.92. The normalized spacial score (nSPS) is 14.5. The van der Waals surface area contributed by atoms with Crippen LogP contribution in [0.4, 0.5) is 11.5 Å². The van der Waals surface area contributed by atoms with Crippen LogP contribution in [-0.2, 0) is 13.0 Å². The molecule has 0 amide bonds. The minimum absolute atomic E-state index is 0.0576. The van der Waals surface area contributed by atoms with Gasteiger partial charge in [0, 0.05) is 12.0 Å². The highest BCUT2D eigenvalue weighted by Crippen LogP contribution is 2.34. The lowest BCUT2D eigenvalue weighted by Crippen LogP contribution is -2.37. The van der Waals surface area contributed by atoms with Crippen LogP contribution in [-0.4, -0.2) is 16.2 Å². The molecule has 6 N–H and O–H groups in total. The van der Waals surface area contributed by atoms with Crippen molar-refractivity contribution < 1.29 is 9.62 Å². The highest BCUT2D eigenvalue weighted by atomic mass is 16.5. The van der Waals surface area contributed by atoms with E-state index in [-0.39, 0.29) is 5.96 Å². The molecule has 0 radical (unpaired) electrons. The summed E-state index contributed by atoms with van der Waals surface area (Å²) in [4.78, 5) is 6.96. The molecule has 0 aliphatic carbocycles. The minimum Gasteiger partial charge on any atom is -0.469 e. The Kier molecular flexibility index (Phi) is 2.27. The van der Waals surface area contributed by atoms with Gasteiger partial charge in [0.2, 0.25) is 5.96 Å². The third kappa shape index (κ3) is 1.52. The lowest BCUT2D eigenvalue weighted by molar-refractivity contribution is 0.306. The van der Waals surface area contributed by atoms with E-state index in [0.717, 1.165) is 22.1 Å². The monoisotopic (exact) mass is 247 g/mol. The first-order valence-electron chi connectivity index (χ1n) is 5.47. The molecule has 0 saturated heterocycles. The molecular weight excluding hydrogens is 234 g/mol. The Labute approximate surface area is 103 Å². The molecule has 0 unspecified atom stereocenters. The standard InChI is InChI=1S/C11H13N5O2/c12-10-7(4-6-2-1-3-18-6)9-8(15-10)5-14-11(13)16(9)17/h1-3,15,17H,4-5,12H2,(H2,13,14). The van der Waals surface area contributed by atoms with Crippen molar-refractivity contribution in [2.45, 2.75) is 13.0 Å². The van der Waals surface area contributed by atoms with Gasteiger partial charge >= 0.3 is 0 Å². The number of hydrogen-bond acceptors (Lipinski definition) is 6. The lowest BCUT2D eigenvalue weighted by Gasteiger charge is -2.21. The van der Waals surface area contributed by atoms with Crippen molar-refractivity contribution in [1.29, 1.82) is 0 Å². The fourth-order valence-corrected chi connectivity index (χ4v) is 2.08. The first kappa shape index (κ1) is 10.7. The predicted octanol–water partition coefficient (Wildman–Crippen LogP) is 0.805. The van der Waals surface area contributed by atoms with E-state index in [1.54, 1.807) is 12.3 Å². The van der Waals surface area contributed by atoms with Gasteiger partial charge in [-0.25, -0.2) is 4.99 Å². The van der Waals surface area contributed by atoms with Gasteiger partial charge in [0.25, 0.3) is 0 Å². The van der Waals surface area contributed by atoms with Crippen molar-refractivity contribution in [1.82, 2.24) is 4.98 Å². The number of nitrogen functional groups attached to an aromatic ring is 1. The Morgan fingerprint density at radius 1 is 1.50 bits per heavy atom. The Hall–Kier alpha value is -2.41. The minimum atomic E-state index is 0.0576. The van der Waals surface area contributed by atoms with Crippen molar-refractivity contribution >= 4 is 17.5 Å². The molecule has 0 spiro atoms. The molecule has 7 heteroatoms. The summed E-state index contributed by atoms with van der Waals surface area (Å²) in [6.45, 7) is 0.376. The van der Waals surface area contributed by atoms with Gasteiger partial charge in [-0.15, -0.1) is 0 Å². The first-order chi connectivity index (χ1) is 8.66. The summed E-state index contributed by atoms with van der Waals surface area (Å²) in [6, 6.07) is 3.65. The molecule has 2 aromatic rings. The number of nitrogens with one attached hydrogen (secondary N) is 1. The van der Waals surface area contributed by atoms with Gasteiger partial charge in [-0.2, -0.15) is 5.06 Å². The molecule has 2 aromatic heterocycles. The largest absolute Gasteiger partial charge is 0.469 e. The van der Waals surface area contributed by atoms with Gasteiger partial charge in [0.1, 0.15) is 17.3 Å². The summed E-state index contributed by atoms with van der Waals surface area (Å²) in [5.41, 5.74) is 13.6. The van der Waals surface area contributed by atoms with Crippen molar-refractivity contribution in [2.24, 2.45) is 10.7 Å². The number of guanidine groups is 1. The van der Waals surface area contributed by atoms with Crippen LogP contribution < -0.4 is 16.5 Å². The molecule has 1 aliphatic rings. The van der Waals surface area contributed by atoms with Gasteiger partial charge in [0.05, 0.1) is 18.5 Å². The predicted molar refractivity (Wildman–Crippen MR) is 66.3 cm³/mol. The zero-order chi connectivity index (χ0) is 12.7. The average Bonchev–Trinajstić information content (AvgIpc) is 2.94. The van der Waals surface area contributed by atoms with E-state index in [2.05, 4.69) is 9.98 Å². The lowest BCUT2D eigenvalue weighted by atomic mass is 10.1. The Balaban J connectivity index is 2.03. The summed E-state index contributed by atoms with van der Waals surface area (Å²) in [7, 11) is 0. The number of nitrogens with two attached hydrogens (primary N) is 2. The van der Waals surface area contributed by atoms with Gasteiger partial charge < -0.3 is 20.9 Å². The molecule has 3 rings (SSSR count). The third-order valence-electron chi connectivity index (χ3n) is 2.94. The molecule has 94 valence electrons. The summed E-state index contributed by atoms with van der Waals surface area (Å²) >= 11 is 0. The zero-order valence-electron chi connectivity index (χ0n) is 9.55. The molecule has 0 saturated carbocycles. The van der Waals surface area contributed by atoms with Crippen molar-refractivity contribution in [3.63, 3.8) is 0 Å². The fraction of sp³-hybridized carbons (Fsp3) is 0.182. The van der Waals surface area contributed by atoms with Crippen LogP contribution in [0.3, 0.4) is 0 Å². The van der Waals surface area contributed by atoms with Crippen molar-refractivity contribution in [2.75, 3.05) is 10.8 Å². The molecule has 0 aromatic carbocycles. The van der Waals surface area contributed by atoms with E-state index in [1.165, 1.54) is 0 Å². The van der Waals surface area contributed by atoms with E-state index in [1.807, 2.05) is 6.07 Å². The van der Waals surface area contributed by atoms with Crippen LogP contribution in [0, 0.1) is 0 Å². The van der Waals surface area contributed by atoms with Crippen LogP contribution in [0.2, 0.25) is 0 Å². The second-order valence-corrected chi connectivity index (χ2v) is 4.09. The number of hydroxylamine groups is 1. The topological polar surface area (TPSA) is 117 Å². The molecule has 0 atom stereocenters. The quantitative estimate of drug-likeness (QED) is 0.626. The number of aromatic nitrogens is 1. The van der Waals surface area contributed by atoms with E-state index < -0.39 is 0 Å². The average molecular weight is 247 g/mol. The molecule has 0 fully saturated rings. The van der Waals surface area contributed by atoms with Crippen LogP contribution in [0.1, 0.15) is 17.0 Å². The maximum atomic E-state index is 9.92. The summed E-state index contributed by atoms with van der Waals surface area (Å²) in [6.07, 6.45) is 2.08. The van der Waals surface area contributed by atoms with E-state index in [4.69, 9.17) is 15.9 Å². The van der Waals surface area contributed by atoms with Crippen LogP contribution in [0.5, 0.6) is 0 Å². The highest BCUT2D eigenvalue weighted by molar-refractivity contribution is 5.96. The highest BCUT2D eigenvalue weighted by Gasteiger charge is 2.26. The Bertz CT molecular complexity index is 599. The van der Waals surface area contributed by atoms with Crippen LogP contribution in [0.25, 0.3) is 0 Å². The number of rotatable bonds is 2. The second-order valence-electron chi connectivity index (χ2n) is 4.09. The number of anilines is 2. The maximum Gasteiger partial charge on any atom is 0.220 e.